The Morgan fingerprint density at radius 2 is 1.81 bits per heavy atom. The molecular formula is C16H28N2O2S. The molecule has 0 heterocycles. The van der Waals surface area contributed by atoms with Crippen LogP contribution in [0.4, 0.5) is 0 Å². The summed E-state index contributed by atoms with van der Waals surface area (Å²) in [7, 11) is -0.252. The zero-order chi connectivity index (χ0) is 16.0. The number of sulfonamides is 1. The van der Waals surface area contributed by atoms with Gasteiger partial charge < -0.3 is 5.32 Å². The fraction of sp³-hybridized carbons (Fsp3) is 0.625. The molecule has 0 bridgehead atoms. The highest BCUT2D eigenvalue weighted by molar-refractivity contribution is 7.89. The number of nitrogens with one attached hydrogen (secondary N) is 1. The summed E-state index contributed by atoms with van der Waals surface area (Å²) in [5.41, 5.74) is 0.883. The van der Waals surface area contributed by atoms with Gasteiger partial charge in [0.05, 0.1) is 4.90 Å². The van der Waals surface area contributed by atoms with E-state index < -0.39 is 10.0 Å². The van der Waals surface area contributed by atoms with Gasteiger partial charge in [-0.1, -0.05) is 39.0 Å². The van der Waals surface area contributed by atoms with E-state index in [1.54, 1.807) is 26.2 Å². The van der Waals surface area contributed by atoms with E-state index in [2.05, 4.69) is 26.1 Å². The second-order valence-corrected chi connectivity index (χ2v) is 8.02. The SMILES string of the molecule is CCCNC(Cc1ccccc1S(=O)(=O)N(C)C)C(C)C. The minimum absolute atomic E-state index is 0.281. The summed E-state index contributed by atoms with van der Waals surface area (Å²) in [6, 6.07) is 7.58. The van der Waals surface area contributed by atoms with E-state index >= 15 is 0 Å². The van der Waals surface area contributed by atoms with Gasteiger partial charge in [0.2, 0.25) is 10.0 Å². The zero-order valence-electron chi connectivity index (χ0n) is 13.8. The van der Waals surface area contributed by atoms with Crippen LogP contribution in [0.2, 0.25) is 0 Å². The summed E-state index contributed by atoms with van der Waals surface area (Å²) in [5, 5.41) is 3.52. The summed E-state index contributed by atoms with van der Waals surface area (Å²) < 4.78 is 26.1. The quantitative estimate of drug-likeness (QED) is 0.802. The van der Waals surface area contributed by atoms with E-state index in [1.165, 1.54) is 4.31 Å². The Balaban J connectivity index is 3.08. The smallest absolute Gasteiger partial charge is 0.242 e. The predicted molar refractivity (Wildman–Crippen MR) is 87.9 cm³/mol. The minimum Gasteiger partial charge on any atom is -0.313 e. The standard InChI is InChI=1S/C16H28N2O2S/c1-6-11-17-15(13(2)3)12-14-9-7-8-10-16(14)21(19,20)18(4)5/h7-10,13,15,17H,6,11-12H2,1-5H3. The Labute approximate surface area is 129 Å². The van der Waals surface area contributed by atoms with Crippen molar-refractivity contribution in [2.24, 2.45) is 5.92 Å². The van der Waals surface area contributed by atoms with Gasteiger partial charge in [-0.05, 0) is 36.9 Å². The molecule has 1 aromatic rings. The van der Waals surface area contributed by atoms with E-state index in [0.29, 0.717) is 10.8 Å². The second-order valence-electron chi connectivity index (χ2n) is 5.90. The van der Waals surface area contributed by atoms with Crippen LogP contribution in [0, 0.1) is 5.92 Å². The Bertz CT molecular complexity index is 539. The number of nitrogens with zero attached hydrogens (tertiary/aromatic N) is 1. The Morgan fingerprint density at radius 1 is 1.19 bits per heavy atom. The van der Waals surface area contributed by atoms with Crippen molar-refractivity contribution in [3.8, 4) is 0 Å². The largest absolute Gasteiger partial charge is 0.313 e. The van der Waals surface area contributed by atoms with Gasteiger partial charge >= 0.3 is 0 Å². The fourth-order valence-corrected chi connectivity index (χ4v) is 3.36. The van der Waals surface area contributed by atoms with Crippen LogP contribution < -0.4 is 5.32 Å². The van der Waals surface area contributed by atoms with Crippen molar-refractivity contribution in [1.29, 1.82) is 0 Å². The molecule has 1 rings (SSSR count). The maximum Gasteiger partial charge on any atom is 0.242 e. The van der Waals surface area contributed by atoms with E-state index in [1.807, 2.05) is 12.1 Å². The van der Waals surface area contributed by atoms with E-state index in [-0.39, 0.29) is 6.04 Å². The highest BCUT2D eigenvalue weighted by Crippen LogP contribution is 2.21. The molecule has 1 aromatic carbocycles. The van der Waals surface area contributed by atoms with Crippen molar-refractivity contribution < 1.29 is 8.42 Å². The third-order valence-corrected chi connectivity index (χ3v) is 5.55. The van der Waals surface area contributed by atoms with Gasteiger partial charge in [0.25, 0.3) is 0 Å². The summed E-state index contributed by atoms with van der Waals surface area (Å²) in [6.07, 6.45) is 1.79. The molecule has 21 heavy (non-hydrogen) atoms. The van der Waals surface area contributed by atoms with Gasteiger partial charge in [-0.25, -0.2) is 12.7 Å². The zero-order valence-corrected chi connectivity index (χ0v) is 14.6. The molecule has 0 aliphatic heterocycles. The lowest BCUT2D eigenvalue weighted by Gasteiger charge is -2.24. The summed E-state index contributed by atoms with van der Waals surface area (Å²) in [4.78, 5) is 0.416. The van der Waals surface area contributed by atoms with Gasteiger partial charge in [-0.2, -0.15) is 0 Å². The third-order valence-electron chi connectivity index (χ3n) is 3.63. The van der Waals surface area contributed by atoms with E-state index in [4.69, 9.17) is 0 Å². The van der Waals surface area contributed by atoms with Crippen molar-refractivity contribution in [2.45, 2.75) is 44.6 Å². The highest BCUT2D eigenvalue weighted by Gasteiger charge is 2.23. The molecule has 0 saturated heterocycles. The molecular weight excluding hydrogens is 284 g/mol. The van der Waals surface area contributed by atoms with Gasteiger partial charge in [0.15, 0.2) is 0 Å². The number of hydrogen-bond donors (Lipinski definition) is 1. The summed E-state index contributed by atoms with van der Waals surface area (Å²) in [5.74, 6) is 0.451. The van der Waals surface area contributed by atoms with Gasteiger partial charge in [-0.3, -0.25) is 0 Å². The van der Waals surface area contributed by atoms with Crippen molar-refractivity contribution in [3.63, 3.8) is 0 Å². The molecule has 4 nitrogen and oxygen atoms in total. The topological polar surface area (TPSA) is 49.4 Å². The minimum atomic E-state index is -3.39. The Morgan fingerprint density at radius 3 is 2.33 bits per heavy atom. The number of benzene rings is 1. The monoisotopic (exact) mass is 312 g/mol. The van der Waals surface area contributed by atoms with Crippen LogP contribution in [0.1, 0.15) is 32.8 Å². The van der Waals surface area contributed by atoms with Gasteiger partial charge in [-0.15, -0.1) is 0 Å². The lowest BCUT2D eigenvalue weighted by Crippen LogP contribution is -2.37. The molecule has 120 valence electrons. The number of hydrogen-bond acceptors (Lipinski definition) is 3. The van der Waals surface area contributed by atoms with Crippen molar-refractivity contribution in [2.75, 3.05) is 20.6 Å². The first-order chi connectivity index (χ1) is 9.80. The maximum absolute atomic E-state index is 12.4. The lowest BCUT2D eigenvalue weighted by atomic mass is 9.96. The molecule has 0 amide bonds. The van der Waals surface area contributed by atoms with Crippen molar-refractivity contribution in [3.05, 3.63) is 29.8 Å². The summed E-state index contributed by atoms with van der Waals surface area (Å²) >= 11 is 0. The molecule has 0 aliphatic carbocycles. The van der Waals surface area contributed by atoms with Gasteiger partial charge in [0, 0.05) is 20.1 Å². The predicted octanol–water partition coefficient (Wildman–Crippen LogP) is 2.50. The molecule has 1 N–H and O–H groups in total. The second kappa shape index (κ2) is 7.92. The molecule has 0 aliphatic rings. The first-order valence-electron chi connectivity index (χ1n) is 7.54. The fourth-order valence-electron chi connectivity index (χ4n) is 2.23. The highest BCUT2D eigenvalue weighted by atomic mass is 32.2. The van der Waals surface area contributed by atoms with Crippen LogP contribution in [-0.4, -0.2) is 39.4 Å². The molecule has 5 heteroatoms. The van der Waals surface area contributed by atoms with Crippen LogP contribution in [0.25, 0.3) is 0 Å². The first-order valence-corrected chi connectivity index (χ1v) is 8.98. The summed E-state index contributed by atoms with van der Waals surface area (Å²) in [6.45, 7) is 7.41. The average Bonchev–Trinajstić information content (AvgIpc) is 2.43. The lowest BCUT2D eigenvalue weighted by molar-refractivity contribution is 0.395. The van der Waals surface area contributed by atoms with Crippen LogP contribution in [0.5, 0.6) is 0 Å². The molecule has 0 saturated carbocycles. The number of rotatable bonds is 8. The van der Waals surface area contributed by atoms with E-state index in [0.717, 1.165) is 24.9 Å². The van der Waals surface area contributed by atoms with Crippen LogP contribution >= 0.6 is 0 Å². The normalized spacial score (nSPS) is 13.9. The van der Waals surface area contributed by atoms with Crippen LogP contribution in [0.15, 0.2) is 29.2 Å². The molecule has 1 atom stereocenters. The Kier molecular flexibility index (Phi) is 6.84. The molecule has 0 aromatic heterocycles. The van der Waals surface area contributed by atoms with Crippen LogP contribution in [-0.2, 0) is 16.4 Å². The Hall–Kier alpha value is -0.910. The molecule has 0 fully saturated rings. The van der Waals surface area contributed by atoms with Gasteiger partial charge in [0.1, 0.15) is 0 Å². The first kappa shape index (κ1) is 18.1. The average molecular weight is 312 g/mol. The molecule has 1 unspecified atom stereocenters. The van der Waals surface area contributed by atoms with Crippen LogP contribution in [0.3, 0.4) is 0 Å². The molecule has 0 radical (unpaired) electrons. The molecule has 0 spiro atoms. The third kappa shape index (κ3) is 4.80. The van der Waals surface area contributed by atoms with E-state index in [9.17, 15) is 8.42 Å². The maximum atomic E-state index is 12.4. The van der Waals surface area contributed by atoms with Crippen molar-refractivity contribution >= 4 is 10.0 Å². The van der Waals surface area contributed by atoms with Crippen molar-refractivity contribution in [1.82, 2.24) is 9.62 Å².